The molecule has 3 aromatic heterocycles. The third-order valence-electron chi connectivity index (χ3n) is 5.10. The summed E-state index contributed by atoms with van der Waals surface area (Å²) >= 11 is 0. The van der Waals surface area contributed by atoms with Crippen molar-refractivity contribution >= 4 is 16.7 Å². The summed E-state index contributed by atoms with van der Waals surface area (Å²) in [5, 5.41) is 4.27. The minimum atomic E-state index is 0.0690. The van der Waals surface area contributed by atoms with Crippen LogP contribution in [-0.4, -0.2) is 27.3 Å². The molecule has 0 unspecified atom stereocenters. The van der Waals surface area contributed by atoms with Gasteiger partial charge in [-0.2, -0.15) is 0 Å². The highest BCUT2D eigenvalue weighted by Gasteiger charge is 2.14. The highest BCUT2D eigenvalue weighted by atomic mass is 16.3. The smallest absolute Gasteiger partial charge is 0.181 e. The molecular formula is C22H18N4O2. The lowest BCUT2D eigenvalue weighted by Crippen LogP contribution is -2.24. The maximum absolute atomic E-state index is 12.8. The highest BCUT2D eigenvalue weighted by Crippen LogP contribution is 2.23. The van der Waals surface area contributed by atoms with Crippen molar-refractivity contribution in [3.8, 4) is 11.3 Å². The van der Waals surface area contributed by atoms with Gasteiger partial charge in [-0.25, -0.2) is 4.98 Å². The number of carbonyl (C=O) groups excluding carboxylic acids is 1. The van der Waals surface area contributed by atoms with Crippen molar-refractivity contribution in [2.75, 3.05) is 6.54 Å². The van der Waals surface area contributed by atoms with Gasteiger partial charge in [-0.05, 0) is 42.3 Å². The zero-order valence-electron chi connectivity index (χ0n) is 15.2. The zero-order valence-corrected chi connectivity index (χ0v) is 15.2. The van der Waals surface area contributed by atoms with Gasteiger partial charge in [0.25, 0.3) is 0 Å². The van der Waals surface area contributed by atoms with E-state index in [4.69, 9.17) is 4.42 Å². The van der Waals surface area contributed by atoms with Crippen LogP contribution in [0.3, 0.4) is 0 Å². The molecule has 4 aromatic rings. The van der Waals surface area contributed by atoms with Crippen molar-refractivity contribution in [2.45, 2.75) is 19.4 Å². The van der Waals surface area contributed by atoms with E-state index >= 15 is 0 Å². The Bertz CT molecular complexity index is 1170. The molecule has 5 rings (SSSR count). The number of hydrogen-bond acceptors (Lipinski definition) is 6. The molecule has 0 bridgehead atoms. The molecule has 1 aliphatic heterocycles. The normalized spacial score (nSPS) is 13.4. The SMILES string of the molecule is O=C(Cc1cc2cc(-c3cnco3)cnc2cn1)c1ccc2c(c1)CNCC2. The molecule has 6 nitrogen and oxygen atoms in total. The first-order valence-electron chi connectivity index (χ1n) is 9.25. The van der Waals surface area contributed by atoms with Crippen LogP contribution in [0.25, 0.3) is 22.2 Å². The first kappa shape index (κ1) is 16.8. The Morgan fingerprint density at radius 3 is 2.93 bits per heavy atom. The van der Waals surface area contributed by atoms with Gasteiger partial charge >= 0.3 is 0 Å². The second kappa shape index (κ2) is 6.98. The Kier molecular flexibility index (Phi) is 4.18. The molecule has 0 aliphatic carbocycles. The van der Waals surface area contributed by atoms with E-state index in [-0.39, 0.29) is 12.2 Å². The summed E-state index contributed by atoms with van der Waals surface area (Å²) in [5.41, 5.74) is 5.62. The molecule has 4 heterocycles. The van der Waals surface area contributed by atoms with Gasteiger partial charge in [0.1, 0.15) is 0 Å². The van der Waals surface area contributed by atoms with Crippen molar-refractivity contribution < 1.29 is 9.21 Å². The molecule has 0 amide bonds. The van der Waals surface area contributed by atoms with Crippen LogP contribution in [0.5, 0.6) is 0 Å². The van der Waals surface area contributed by atoms with Crippen LogP contribution in [0.2, 0.25) is 0 Å². The van der Waals surface area contributed by atoms with E-state index in [0.717, 1.165) is 47.2 Å². The number of nitrogens with one attached hydrogen (secondary N) is 1. The number of pyridine rings is 2. The van der Waals surface area contributed by atoms with E-state index in [1.165, 1.54) is 17.5 Å². The molecule has 6 heteroatoms. The zero-order chi connectivity index (χ0) is 18.9. The summed E-state index contributed by atoms with van der Waals surface area (Å²) in [4.78, 5) is 25.6. The molecule has 0 saturated carbocycles. The summed E-state index contributed by atoms with van der Waals surface area (Å²) < 4.78 is 5.34. The van der Waals surface area contributed by atoms with Crippen LogP contribution in [0, 0.1) is 0 Å². The number of Topliss-reactive ketones (excluding diaryl/α,β-unsaturated/α-hetero) is 1. The molecule has 1 aromatic carbocycles. The molecule has 0 atom stereocenters. The fourth-order valence-corrected chi connectivity index (χ4v) is 3.59. The molecule has 138 valence electrons. The topological polar surface area (TPSA) is 80.9 Å². The minimum Gasteiger partial charge on any atom is -0.443 e. The fourth-order valence-electron chi connectivity index (χ4n) is 3.59. The predicted octanol–water partition coefficient (Wildman–Crippen LogP) is 3.36. The van der Waals surface area contributed by atoms with Gasteiger partial charge in [0.15, 0.2) is 17.9 Å². The number of nitrogens with zero attached hydrogens (tertiary/aromatic N) is 3. The molecule has 0 fully saturated rings. The number of fused-ring (bicyclic) bond motifs is 2. The fraction of sp³-hybridized carbons (Fsp3) is 0.182. The van der Waals surface area contributed by atoms with E-state index in [1.54, 1.807) is 18.6 Å². The Hall–Kier alpha value is -3.38. The lowest BCUT2D eigenvalue weighted by atomic mass is 9.96. The molecule has 0 spiro atoms. The predicted molar refractivity (Wildman–Crippen MR) is 105 cm³/mol. The second-order valence-corrected chi connectivity index (χ2v) is 6.97. The lowest BCUT2D eigenvalue weighted by Gasteiger charge is -2.17. The standard InChI is InChI=1S/C22H18N4O2/c27-21(15-2-1-14-3-4-23-9-17(14)5-15)8-19-7-16-6-18(22-12-24-13-28-22)10-26-20(16)11-25-19/h1-2,5-7,10-13,23H,3-4,8-9H2. The third kappa shape index (κ3) is 3.18. The maximum Gasteiger partial charge on any atom is 0.181 e. The van der Waals surface area contributed by atoms with E-state index < -0.39 is 0 Å². The Labute approximate surface area is 161 Å². The van der Waals surface area contributed by atoms with Crippen molar-refractivity contribution in [2.24, 2.45) is 0 Å². The van der Waals surface area contributed by atoms with Crippen LogP contribution in [-0.2, 0) is 19.4 Å². The Morgan fingerprint density at radius 2 is 2.04 bits per heavy atom. The van der Waals surface area contributed by atoms with Gasteiger partial charge in [0.05, 0.1) is 24.3 Å². The molecular weight excluding hydrogens is 352 g/mol. The number of oxazole rings is 1. The van der Waals surface area contributed by atoms with Gasteiger partial charge in [-0.3, -0.25) is 14.8 Å². The molecule has 28 heavy (non-hydrogen) atoms. The monoisotopic (exact) mass is 370 g/mol. The van der Waals surface area contributed by atoms with E-state index in [2.05, 4.69) is 26.3 Å². The van der Waals surface area contributed by atoms with Crippen molar-refractivity contribution in [3.05, 3.63) is 77.7 Å². The van der Waals surface area contributed by atoms with Crippen LogP contribution in [0.15, 0.2) is 59.7 Å². The molecule has 0 saturated heterocycles. The maximum atomic E-state index is 12.8. The third-order valence-corrected chi connectivity index (χ3v) is 5.10. The molecule has 0 radical (unpaired) electrons. The number of rotatable bonds is 4. The summed E-state index contributed by atoms with van der Waals surface area (Å²) in [6.45, 7) is 1.81. The molecule has 1 N–H and O–H groups in total. The quantitative estimate of drug-likeness (QED) is 0.555. The van der Waals surface area contributed by atoms with Gasteiger partial charge < -0.3 is 9.73 Å². The summed E-state index contributed by atoms with van der Waals surface area (Å²) in [7, 11) is 0. The number of carbonyl (C=O) groups is 1. The average Bonchev–Trinajstić information content (AvgIpc) is 3.28. The number of aromatic nitrogens is 3. The largest absolute Gasteiger partial charge is 0.443 e. The summed E-state index contributed by atoms with van der Waals surface area (Å²) in [5.74, 6) is 0.728. The molecule has 1 aliphatic rings. The first-order chi connectivity index (χ1) is 13.8. The highest BCUT2D eigenvalue weighted by molar-refractivity contribution is 5.98. The number of hydrogen-bond donors (Lipinski definition) is 1. The first-order valence-corrected chi connectivity index (χ1v) is 9.25. The van der Waals surface area contributed by atoms with Gasteiger partial charge in [0.2, 0.25) is 0 Å². The van der Waals surface area contributed by atoms with Crippen molar-refractivity contribution in [3.63, 3.8) is 0 Å². The van der Waals surface area contributed by atoms with Crippen molar-refractivity contribution in [1.29, 1.82) is 0 Å². The summed E-state index contributed by atoms with van der Waals surface area (Å²) in [6, 6.07) is 9.90. The summed E-state index contributed by atoms with van der Waals surface area (Å²) in [6.07, 6.45) is 7.75. The van der Waals surface area contributed by atoms with Gasteiger partial charge in [-0.1, -0.05) is 12.1 Å². The van der Waals surface area contributed by atoms with Crippen LogP contribution in [0.1, 0.15) is 27.2 Å². The van der Waals surface area contributed by atoms with E-state index in [1.807, 2.05) is 24.3 Å². The van der Waals surface area contributed by atoms with Gasteiger partial charge in [0, 0.05) is 34.9 Å². The minimum absolute atomic E-state index is 0.0690. The van der Waals surface area contributed by atoms with Crippen LogP contribution < -0.4 is 5.32 Å². The van der Waals surface area contributed by atoms with Crippen LogP contribution in [0.4, 0.5) is 0 Å². The number of ketones is 1. The Morgan fingerprint density at radius 1 is 1.07 bits per heavy atom. The Balaban J connectivity index is 1.42. The lowest BCUT2D eigenvalue weighted by molar-refractivity contribution is 0.0992. The van der Waals surface area contributed by atoms with E-state index in [9.17, 15) is 4.79 Å². The second-order valence-electron chi connectivity index (χ2n) is 6.97. The van der Waals surface area contributed by atoms with E-state index in [0.29, 0.717) is 5.76 Å². The van der Waals surface area contributed by atoms with Crippen LogP contribution >= 0.6 is 0 Å². The number of benzene rings is 1. The average molecular weight is 370 g/mol. The van der Waals surface area contributed by atoms with Crippen molar-refractivity contribution in [1.82, 2.24) is 20.3 Å². The van der Waals surface area contributed by atoms with Gasteiger partial charge in [-0.15, -0.1) is 0 Å².